The number of benzene rings is 1. The Balaban J connectivity index is 1.82. The maximum atomic E-state index is 12.7. The molecule has 0 saturated heterocycles. The minimum Gasteiger partial charge on any atom is -0.356 e. The van der Waals surface area contributed by atoms with Crippen molar-refractivity contribution in [1.29, 1.82) is 0 Å². The van der Waals surface area contributed by atoms with Crippen molar-refractivity contribution >= 4 is 0 Å². The van der Waals surface area contributed by atoms with Crippen LogP contribution in [0.3, 0.4) is 0 Å². The van der Waals surface area contributed by atoms with Crippen molar-refractivity contribution in [2.75, 3.05) is 0 Å². The van der Waals surface area contributed by atoms with Crippen molar-refractivity contribution < 1.29 is 27.6 Å². The predicted molar refractivity (Wildman–Crippen MR) is 73.6 cm³/mol. The van der Waals surface area contributed by atoms with Crippen LogP contribution in [0.15, 0.2) is 59.4 Å². The van der Waals surface area contributed by atoms with E-state index in [1.165, 1.54) is 18.5 Å². The van der Waals surface area contributed by atoms with Gasteiger partial charge in [0.25, 0.3) is 0 Å². The molecule has 0 atom stereocenters. The van der Waals surface area contributed by atoms with Gasteiger partial charge in [0.05, 0.1) is 16.8 Å². The summed E-state index contributed by atoms with van der Waals surface area (Å²) in [5, 5.41) is 13.2. The highest BCUT2D eigenvalue weighted by Crippen LogP contribution is 2.30. The predicted octanol–water partition coefficient (Wildman–Crippen LogP) is 3.48. The smallest absolute Gasteiger partial charge is 0.356 e. The molecule has 2 aromatic heterocycles. The minimum atomic E-state index is -4.37. The quantitative estimate of drug-likeness (QED) is 0.593. The van der Waals surface area contributed by atoms with Crippen molar-refractivity contribution in [3.05, 3.63) is 71.7 Å². The second-order valence-electron chi connectivity index (χ2n) is 5.03. The van der Waals surface area contributed by atoms with Gasteiger partial charge < -0.3 is 4.52 Å². The number of hydrogen-bond acceptors (Lipinski definition) is 3. The lowest BCUT2D eigenvalue weighted by molar-refractivity contribution is -0.904. The average molecular weight is 321 g/mol. The van der Waals surface area contributed by atoms with E-state index in [1.807, 2.05) is 0 Å². The zero-order valence-electron chi connectivity index (χ0n) is 11.8. The van der Waals surface area contributed by atoms with E-state index in [2.05, 4.69) is 5.16 Å². The molecule has 0 aliphatic heterocycles. The summed E-state index contributed by atoms with van der Waals surface area (Å²) in [7, 11) is 0. The summed E-state index contributed by atoms with van der Waals surface area (Å²) in [6, 6.07) is 10.1. The van der Waals surface area contributed by atoms with Crippen molar-refractivity contribution in [2.24, 2.45) is 0 Å². The number of rotatable bonds is 3. The van der Waals surface area contributed by atoms with Crippen LogP contribution < -0.4 is 4.73 Å². The van der Waals surface area contributed by atoms with Crippen molar-refractivity contribution in [3.63, 3.8) is 0 Å². The molecule has 0 radical (unpaired) electrons. The molecule has 0 fully saturated rings. The minimum absolute atomic E-state index is 0.222. The molecule has 0 aliphatic carbocycles. The zero-order chi connectivity index (χ0) is 16.4. The SMILES string of the molecule is O[n+]1cccc(-c2cc(Cc3cccc(C(F)(F)F)c3)no2)c1. The van der Waals surface area contributed by atoms with Crippen molar-refractivity contribution in [1.82, 2.24) is 5.16 Å². The Morgan fingerprint density at radius 2 is 1.96 bits per heavy atom. The molecule has 0 aliphatic rings. The highest BCUT2D eigenvalue weighted by Gasteiger charge is 2.30. The average Bonchev–Trinajstić information content (AvgIpc) is 2.95. The number of halogens is 3. The van der Waals surface area contributed by atoms with Crippen LogP contribution in [0.4, 0.5) is 13.2 Å². The van der Waals surface area contributed by atoms with Gasteiger partial charge in [0, 0.05) is 23.3 Å². The van der Waals surface area contributed by atoms with Gasteiger partial charge in [-0.25, -0.2) is 0 Å². The first-order valence-electron chi connectivity index (χ1n) is 6.74. The highest BCUT2D eigenvalue weighted by molar-refractivity contribution is 5.54. The number of nitrogens with zero attached hydrogens (tertiary/aromatic N) is 2. The molecule has 0 amide bonds. The van der Waals surface area contributed by atoms with E-state index in [0.717, 1.165) is 16.9 Å². The molecule has 7 heteroatoms. The molecule has 0 saturated carbocycles. The molecule has 2 heterocycles. The van der Waals surface area contributed by atoms with Crippen LogP contribution in [-0.2, 0) is 12.6 Å². The van der Waals surface area contributed by atoms with E-state index in [-0.39, 0.29) is 6.42 Å². The maximum absolute atomic E-state index is 12.7. The van der Waals surface area contributed by atoms with Crippen LogP contribution in [0, 0.1) is 0 Å². The Bertz CT molecular complexity index is 828. The number of hydrogen-bond donors (Lipinski definition) is 1. The van der Waals surface area contributed by atoms with Gasteiger partial charge in [0.1, 0.15) is 0 Å². The number of aromatic nitrogens is 2. The third kappa shape index (κ3) is 3.50. The summed E-state index contributed by atoms with van der Waals surface area (Å²) in [6.07, 6.45) is -1.26. The standard InChI is InChI=1S/C16H12F3N2O2/c17-16(18,19)13-5-1-3-11(7-13)8-14-9-15(23-20-14)12-4-2-6-21(22)10-12/h1-7,9-10,22H,8H2/q+1. The van der Waals surface area contributed by atoms with Crippen LogP contribution in [0.25, 0.3) is 11.3 Å². The van der Waals surface area contributed by atoms with E-state index >= 15 is 0 Å². The van der Waals surface area contributed by atoms with Gasteiger partial charge in [-0.1, -0.05) is 23.4 Å². The summed E-state index contributed by atoms with van der Waals surface area (Å²) < 4.78 is 44.2. The molecule has 0 bridgehead atoms. The van der Waals surface area contributed by atoms with Gasteiger partial charge in [-0.15, -0.1) is 0 Å². The fourth-order valence-electron chi connectivity index (χ4n) is 2.21. The second kappa shape index (κ2) is 5.75. The molecule has 0 unspecified atom stereocenters. The maximum Gasteiger partial charge on any atom is 0.416 e. The van der Waals surface area contributed by atoms with Crippen LogP contribution >= 0.6 is 0 Å². The van der Waals surface area contributed by atoms with E-state index in [4.69, 9.17) is 4.52 Å². The molecule has 23 heavy (non-hydrogen) atoms. The van der Waals surface area contributed by atoms with Crippen LogP contribution in [0.5, 0.6) is 0 Å². The van der Waals surface area contributed by atoms with Gasteiger partial charge in [0.15, 0.2) is 5.76 Å². The lowest BCUT2D eigenvalue weighted by atomic mass is 10.1. The molecular formula is C16H12F3N2O2+. The van der Waals surface area contributed by atoms with E-state index in [1.54, 1.807) is 24.3 Å². The third-order valence-electron chi connectivity index (χ3n) is 3.27. The zero-order valence-corrected chi connectivity index (χ0v) is 11.8. The topological polar surface area (TPSA) is 50.1 Å². The molecule has 3 aromatic rings. The van der Waals surface area contributed by atoms with Gasteiger partial charge in [-0.2, -0.15) is 13.2 Å². The van der Waals surface area contributed by atoms with Gasteiger partial charge >= 0.3 is 6.18 Å². The van der Waals surface area contributed by atoms with Crippen LogP contribution in [0.2, 0.25) is 0 Å². The summed E-state index contributed by atoms with van der Waals surface area (Å²) in [5.74, 6) is 0.426. The Hall–Kier alpha value is -2.83. The van der Waals surface area contributed by atoms with Crippen molar-refractivity contribution in [3.8, 4) is 11.3 Å². The van der Waals surface area contributed by atoms with E-state index < -0.39 is 11.7 Å². The summed E-state index contributed by atoms with van der Waals surface area (Å²) in [6.45, 7) is 0. The van der Waals surface area contributed by atoms with Gasteiger partial charge in [-0.05, 0) is 17.7 Å². The normalized spacial score (nSPS) is 11.6. The van der Waals surface area contributed by atoms with Gasteiger partial charge in [0.2, 0.25) is 12.4 Å². The number of alkyl halides is 3. The molecule has 0 spiro atoms. The first kappa shape index (κ1) is 15.1. The molecule has 3 rings (SSSR count). The Morgan fingerprint density at radius 1 is 1.13 bits per heavy atom. The fourth-order valence-corrected chi connectivity index (χ4v) is 2.21. The summed E-state index contributed by atoms with van der Waals surface area (Å²) in [5.41, 5.74) is 0.915. The Kier molecular flexibility index (Phi) is 3.77. The third-order valence-corrected chi connectivity index (χ3v) is 3.27. The molecule has 118 valence electrons. The van der Waals surface area contributed by atoms with Crippen LogP contribution in [-0.4, -0.2) is 10.4 Å². The van der Waals surface area contributed by atoms with Crippen molar-refractivity contribution in [2.45, 2.75) is 12.6 Å². The van der Waals surface area contributed by atoms with Crippen LogP contribution in [0.1, 0.15) is 16.8 Å². The molecule has 1 N–H and O–H groups in total. The lowest BCUT2D eigenvalue weighted by Crippen LogP contribution is -2.28. The summed E-state index contributed by atoms with van der Waals surface area (Å²) >= 11 is 0. The molecule has 1 aromatic carbocycles. The lowest BCUT2D eigenvalue weighted by Gasteiger charge is -2.07. The molecular weight excluding hydrogens is 309 g/mol. The Morgan fingerprint density at radius 3 is 2.70 bits per heavy atom. The Labute approximate surface area is 129 Å². The fraction of sp³-hybridized carbons (Fsp3) is 0.125. The first-order valence-corrected chi connectivity index (χ1v) is 6.74. The largest absolute Gasteiger partial charge is 0.416 e. The monoisotopic (exact) mass is 321 g/mol. The highest BCUT2D eigenvalue weighted by atomic mass is 19.4. The summed E-state index contributed by atoms with van der Waals surface area (Å²) in [4.78, 5) is 0. The second-order valence-corrected chi connectivity index (χ2v) is 5.03. The first-order chi connectivity index (χ1) is 10.9. The number of pyridine rings is 1. The molecule has 4 nitrogen and oxygen atoms in total. The van der Waals surface area contributed by atoms with E-state index in [0.29, 0.717) is 22.6 Å². The van der Waals surface area contributed by atoms with E-state index in [9.17, 15) is 18.4 Å². The van der Waals surface area contributed by atoms with Gasteiger partial charge in [-0.3, -0.25) is 5.21 Å².